The van der Waals surface area contributed by atoms with Gasteiger partial charge in [-0.1, -0.05) is 11.6 Å². The van der Waals surface area contributed by atoms with Gasteiger partial charge in [-0.05, 0) is 42.5 Å². The summed E-state index contributed by atoms with van der Waals surface area (Å²) < 4.78 is 39.9. The molecule has 114 valence electrons. The van der Waals surface area contributed by atoms with Crippen molar-refractivity contribution < 1.29 is 13.2 Å². The molecule has 3 rings (SSSR count). The van der Waals surface area contributed by atoms with Gasteiger partial charge in [-0.15, -0.1) is 0 Å². The van der Waals surface area contributed by atoms with Crippen LogP contribution in [0.1, 0.15) is 5.56 Å². The van der Waals surface area contributed by atoms with E-state index in [1.54, 1.807) is 35.9 Å². The number of rotatable bonds is 2. The van der Waals surface area contributed by atoms with Crippen LogP contribution in [0.2, 0.25) is 5.02 Å². The molecule has 0 fully saturated rings. The molecule has 1 aromatic heterocycles. The van der Waals surface area contributed by atoms with Crippen LogP contribution in [-0.4, -0.2) is 9.55 Å². The second kappa shape index (κ2) is 5.21. The lowest BCUT2D eigenvalue weighted by molar-refractivity contribution is -0.137. The number of halogens is 4. The Morgan fingerprint density at radius 2 is 1.77 bits per heavy atom. The zero-order valence-corrected chi connectivity index (χ0v) is 12.2. The highest BCUT2D eigenvalue weighted by Gasteiger charge is 2.31. The Bertz CT molecular complexity index is 822. The molecule has 2 aromatic carbocycles. The summed E-state index contributed by atoms with van der Waals surface area (Å²) in [5.74, 6) is 0.455. The standard InChI is InChI=1S/C15H11ClF3N3/c1-22-13-7-2-9(15(17,18)19)8-12(13)21-14(22)20-11-5-3-10(16)4-6-11/h2-8H,1H3,(H,20,21). The Morgan fingerprint density at radius 1 is 1.09 bits per heavy atom. The number of alkyl halides is 3. The molecule has 3 aromatic rings. The first-order valence-electron chi connectivity index (χ1n) is 6.41. The molecular formula is C15H11ClF3N3. The van der Waals surface area contributed by atoms with Gasteiger partial charge in [0.15, 0.2) is 0 Å². The van der Waals surface area contributed by atoms with E-state index in [1.165, 1.54) is 6.07 Å². The Labute approximate surface area is 129 Å². The van der Waals surface area contributed by atoms with E-state index in [0.717, 1.165) is 17.8 Å². The highest BCUT2D eigenvalue weighted by molar-refractivity contribution is 6.30. The van der Waals surface area contributed by atoms with Crippen molar-refractivity contribution in [3.05, 3.63) is 53.1 Å². The van der Waals surface area contributed by atoms with Gasteiger partial charge >= 0.3 is 6.18 Å². The molecule has 1 heterocycles. The number of anilines is 2. The van der Waals surface area contributed by atoms with E-state index < -0.39 is 11.7 Å². The van der Waals surface area contributed by atoms with Crippen molar-refractivity contribution in [1.29, 1.82) is 0 Å². The molecule has 7 heteroatoms. The Morgan fingerprint density at radius 3 is 2.41 bits per heavy atom. The first-order chi connectivity index (χ1) is 10.3. The van der Waals surface area contributed by atoms with Gasteiger partial charge in [-0.25, -0.2) is 4.98 Å². The predicted octanol–water partition coefficient (Wildman–Crippen LogP) is 4.99. The molecule has 0 radical (unpaired) electrons. The Balaban J connectivity index is 2.00. The zero-order chi connectivity index (χ0) is 15.9. The fraction of sp³-hybridized carbons (Fsp3) is 0.133. The Hall–Kier alpha value is -2.21. The average molecular weight is 326 g/mol. The number of hydrogen-bond donors (Lipinski definition) is 1. The van der Waals surface area contributed by atoms with Crippen LogP contribution in [0.5, 0.6) is 0 Å². The van der Waals surface area contributed by atoms with E-state index >= 15 is 0 Å². The van der Waals surface area contributed by atoms with E-state index in [2.05, 4.69) is 10.3 Å². The van der Waals surface area contributed by atoms with Gasteiger partial charge in [0.05, 0.1) is 16.6 Å². The van der Waals surface area contributed by atoms with Crippen molar-refractivity contribution in [3.8, 4) is 0 Å². The summed E-state index contributed by atoms with van der Waals surface area (Å²) in [6.45, 7) is 0. The predicted molar refractivity (Wildman–Crippen MR) is 80.5 cm³/mol. The van der Waals surface area contributed by atoms with Crippen LogP contribution in [0.15, 0.2) is 42.5 Å². The lowest BCUT2D eigenvalue weighted by atomic mass is 10.2. The molecule has 0 aliphatic rings. The summed E-state index contributed by atoms with van der Waals surface area (Å²) in [5, 5.41) is 3.66. The first-order valence-corrected chi connectivity index (χ1v) is 6.78. The van der Waals surface area contributed by atoms with E-state index in [9.17, 15) is 13.2 Å². The third-order valence-electron chi connectivity index (χ3n) is 3.31. The lowest BCUT2D eigenvalue weighted by Gasteiger charge is -2.06. The minimum Gasteiger partial charge on any atom is -0.326 e. The fourth-order valence-electron chi connectivity index (χ4n) is 2.15. The maximum absolute atomic E-state index is 12.7. The van der Waals surface area contributed by atoms with E-state index in [-0.39, 0.29) is 5.52 Å². The van der Waals surface area contributed by atoms with E-state index in [1.807, 2.05) is 0 Å². The third kappa shape index (κ3) is 2.74. The average Bonchev–Trinajstić information content (AvgIpc) is 2.77. The fourth-order valence-corrected chi connectivity index (χ4v) is 2.28. The van der Waals surface area contributed by atoms with Gasteiger partial charge in [0.2, 0.25) is 5.95 Å². The number of nitrogens with zero attached hydrogens (tertiary/aromatic N) is 2. The van der Waals surface area contributed by atoms with Crippen LogP contribution in [0.4, 0.5) is 24.8 Å². The minimum atomic E-state index is -4.38. The maximum Gasteiger partial charge on any atom is 0.416 e. The highest BCUT2D eigenvalue weighted by Crippen LogP contribution is 2.32. The second-order valence-corrected chi connectivity index (χ2v) is 5.26. The number of aryl methyl sites for hydroxylation is 1. The number of aromatic nitrogens is 2. The molecule has 0 unspecified atom stereocenters. The van der Waals surface area contributed by atoms with Gasteiger partial charge in [0.25, 0.3) is 0 Å². The van der Waals surface area contributed by atoms with Gasteiger partial charge < -0.3 is 9.88 Å². The molecule has 0 aliphatic heterocycles. The summed E-state index contributed by atoms with van der Waals surface area (Å²) in [5.41, 5.74) is 0.938. The van der Waals surface area contributed by atoms with Crippen molar-refractivity contribution in [1.82, 2.24) is 9.55 Å². The molecule has 0 bridgehead atoms. The number of benzene rings is 2. The van der Waals surface area contributed by atoms with Crippen molar-refractivity contribution in [2.45, 2.75) is 6.18 Å². The smallest absolute Gasteiger partial charge is 0.326 e. The second-order valence-electron chi connectivity index (χ2n) is 4.83. The summed E-state index contributed by atoms with van der Waals surface area (Å²) in [7, 11) is 1.74. The molecule has 22 heavy (non-hydrogen) atoms. The van der Waals surface area contributed by atoms with Crippen LogP contribution in [0.3, 0.4) is 0 Å². The van der Waals surface area contributed by atoms with Gasteiger partial charge in [-0.3, -0.25) is 0 Å². The van der Waals surface area contributed by atoms with Gasteiger partial charge in [-0.2, -0.15) is 13.2 Å². The first kappa shape index (κ1) is 14.7. The van der Waals surface area contributed by atoms with Crippen LogP contribution in [0.25, 0.3) is 11.0 Å². The van der Waals surface area contributed by atoms with Crippen LogP contribution in [0, 0.1) is 0 Å². The summed E-state index contributed by atoms with van der Waals surface area (Å²) >= 11 is 5.82. The molecule has 1 N–H and O–H groups in total. The molecular weight excluding hydrogens is 315 g/mol. The molecule has 0 saturated heterocycles. The molecule has 0 saturated carbocycles. The number of hydrogen-bond acceptors (Lipinski definition) is 2. The van der Waals surface area contributed by atoms with Crippen LogP contribution >= 0.6 is 11.6 Å². The van der Waals surface area contributed by atoms with Crippen molar-refractivity contribution >= 4 is 34.3 Å². The maximum atomic E-state index is 12.7. The Kier molecular flexibility index (Phi) is 3.48. The molecule has 0 amide bonds. The lowest BCUT2D eigenvalue weighted by Crippen LogP contribution is -2.04. The number of imidazole rings is 1. The number of nitrogens with one attached hydrogen (secondary N) is 1. The largest absolute Gasteiger partial charge is 0.416 e. The van der Waals surface area contributed by atoms with Gasteiger partial charge in [0.1, 0.15) is 0 Å². The monoisotopic (exact) mass is 325 g/mol. The molecule has 0 spiro atoms. The zero-order valence-electron chi connectivity index (χ0n) is 11.4. The third-order valence-corrected chi connectivity index (χ3v) is 3.56. The quantitative estimate of drug-likeness (QED) is 0.719. The summed E-state index contributed by atoms with van der Waals surface area (Å²) in [6, 6.07) is 10.5. The van der Waals surface area contributed by atoms with E-state index in [0.29, 0.717) is 16.5 Å². The highest BCUT2D eigenvalue weighted by atomic mass is 35.5. The number of fused-ring (bicyclic) bond motifs is 1. The van der Waals surface area contributed by atoms with E-state index in [4.69, 9.17) is 11.6 Å². The summed E-state index contributed by atoms with van der Waals surface area (Å²) in [4.78, 5) is 4.22. The molecule has 3 nitrogen and oxygen atoms in total. The SMILES string of the molecule is Cn1c(Nc2ccc(Cl)cc2)nc2cc(C(F)(F)F)ccc21. The van der Waals surface area contributed by atoms with Crippen molar-refractivity contribution in [3.63, 3.8) is 0 Å². The van der Waals surface area contributed by atoms with Crippen molar-refractivity contribution in [2.24, 2.45) is 7.05 Å². The van der Waals surface area contributed by atoms with Gasteiger partial charge in [0, 0.05) is 17.8 Å². The topological polar surface area (TPSA) is 29.9 Å². The normalized spacial score (nSPS) is 11.9. The molecule has 0 aliphatic carbocycles. The molecule has 0 atom stereocenters. The summed E-state index contributed by atoms with van der Waals surface area (Å²) in [6.07, 6.45) is -4.38. The van der Waals surface area contributed by atoms with Crippen LogP contribution in [-0.2, 0) is 13.2 Å². The van der Waals surface area contributed by atoms with Crippen molar-refractivity contribution in [2.75, 3.05) is 5.32 Å². The van der Waals surface area contributed by atoms with Crippen LogP contribution < -0.4 is 5.32 Å². The minimum absolute atomic E-state index is 0.286.